The van der Waals surface area contributed by atoms with Crippen molar-refractivity contribution < 1.29 is 14.3 Å². The fourth-order valence-electron chi connectivity index (χ4n) is 3.24. The average Bonchev–Trinajstić information content (AvgIpc) is 3.57. The number of amides is 1. The van der Waals surface area contributed by atoms with Crippen molar-refractivity contribution in [2.24, 2.45) is 5.92 Å². The van der Waals surface area contributed by atoms with E-state index < -0.39 is 6.10 Å². The Labute approximate surface area is 165 Å². The Morgan fingerprint density at radius 1 is 1.18 bits per heavy atom. The Bertz CT molecular complexity index is 762. The maximum absolute atomic E-state index is 12.5. The molecule has 1 N–H and O–H groups in total. The fraction of sp³-hybridized carbons (Fsp3) is 0.455. The lowest BCUT2D eigenvalue weighted by molar-refractivity contribution is -0.139. The number of rotatable bonds is 8. The first kappa shape index (κ1) is 18.9. The zero-order valence-electron chi connectivity index (χ0n) is 16.0. The molecule has 1 amide bonds. The average molecular weight is 381 g/mol. The van der Waals surface area contributed by atoms with Gasteiger partial charge in [0.15, 0.2) is 0 Å². The van der Waals surface area contributed by atoms with E-state index in [1.807, 2.05) is 30.3 Å². The number of nitrogens with one attached hydrogen (secondary N) is 1. The van der Waals surface area contributed by atoms with Crippen molar-refractivity contribution in [2.75, 3.05) is 26.3 Å². The zero-order valence-corrected chi connectivity index (χ0v) is 16.0. The second-order valence-corrected chi connectivity index (χ2v) is 7.56. The molecule has 0 spiro atoms. The third kappa shape index (κ3) is 5.53. The molecule has 148 valence electrons. The molecule has 1 aromatic heterocycles. The van der Waals surface area contributed by atoms with Crippen molar-refractivity contribution >= 4 is 5.91 Å². The number of ether oxygens (including phenoxy) is 2. The number of morpholine rings is 1. The summed E-state index contributed by atoms with van der Waals surface area (Å²) in [5.41, 5.74) is 2.20. The van der Waals surface area contributed by atoms with Crippen molar-refractivity contribution in [3.8, 4) is 5.88 Å². The van der Waals surface area contributed by atoms with Gasteiger partial charge in [-0.2, -0.15) is 0 Å². The first-order chi connectivity index (χ1) is 13.8. The molecule has 1 atom stereocenters. The molecule has 1 aromatic carbocycles. The van der Waals surface area contributed by atoms with Crippen molar-refractivity contribution in [2.45, 2.75) is 32.0 Å². The molecule has 1 unspecified atom stereocenters. The Hall–Kier alpha value is -2.44. The molecular weight excluding hydrogens is 354 g/mol. The van der Waals surface area contributed by atoms with Gasteiger partial charge in [-0.1, -0.05) is 36.4 Å². The Morgan fingerprint density at radius 2 is 2.04 bits per heavy atom. The summed E-state index contributed by atoms with van der Waals surface area (Å²) in [4.78, 5) is 19.1. The van der Waals surface area contributed by atoms with Gasteiger partial charge in [0.1, 0.15) is 6.10 Å². The number of pyridine rings is 1. The van der Waals surface area contributed by atoms with Crippen LogP contribution in [0, 0.1) is 5.92 Å². The minimum Gasteiger partial charge on any atom is -0.477 e. The smallest absolute Gasteiger partial charge is 0.250 e. The SMILES string of the molecule is O=C(NCc1ccc(OCC2CC2)nc1)C1CN(Cc2ccccc2)CCO1. The quantitative estimate of drug-likeness (QED) is 0.761. The number of benzene rings is 1. The zero-order chi connectivity index (χ0) is 19.2. The van der Waals surface area contributed by atoms with E-state index in [0.717, 1.165) is 25.3 Å². The number of aromatic nitrogens is 1. The molecule has 1 saturated carbocycles. The van der Waals surface area contributed by atoms with Gasteiger partial charge in [0, 0.05) is 38.4 Å². The van der Waals surface area contributed by atoms with Crippen molar-refractivity contribution in [3.63, 3.8) is 0 Å². The van der Waals surface area contributed by atoms with Crippen LogP contribution in [-0.2, 0) is 22.6 Å². The predicted molar refractivity (Wildman–Crippen MR) is 106 cm³/mol. The van der Waals surface area contributed by atoms with Gasteiger partial charge in [-0.3, -0.25) is 9.69 Å². The van der Waals surface area contributed by atoms with E-state index in [1.165, 1.54) is 18.4 Å². The molecule has 2 aliphatic rings. The van der Waals surface area contributed by atoms with Gasteiger partial charge >= 0.3 is 0 Å². The molecule has 1 aliphatic heterocycles. The minimum atomic E-state index is -0.438. The summed E-state index contributed by atoms with van der Waals surface area (Å²) in [5, 5.41) is 2.96. The highest BCUT2D eigenvalue weighted by molar-refractivity contribution is 5.81. The van der Waals surface area contributed by atoms with Crippen molar-refractivity contribution in [1.29, 1.82) is 0 Å². The van der Waals surface area contributed by atoms with Crippen LogP contribution in [0.5, 0.6) is 5.88 Å². The number of carbonyl (C=O) groups is 1. The third-order valence-corrected chi connectivity index (χ3v) is 5.12. The topological polar surface area (TPSA) is 63.7 Å². The summed E-state index contributed by atoms with van der Waals surface area (Å²) in [6, 6.07) is 14.1. The number of carbonyl (C=O) groups excluding carboxylic acids is 1. The molecule has 0 radical (unpaired) electrons. The van der Waals surface area contributed by atoms with E-state index >= 15 is 0 Å². The van der Waals surface area contributed by atoms with Crippen LogP contribution in [0.3, 0.4) is 0 Å². The Kier molecular flexibility index (Phi) is 6.19. The lowest BCUT2D eigenvalue weighted by Crippen LogP contribution is -2.49. The van der Waals surface area contributed by atoms with Crippen molar-refractivity contribution in [1.82, 2.24) is 15.2 Å². The molecule has 6 heteroatoms. The van der Waals surface area contributed by atoms with Crippen LogP contribution in [0.1, 0.15) is 24.0 Å². The van der Waals surface area contributed by atoms with Gasteiger partial charge < -0.3 is 14.8 Å². The van der Waals surface area contributed by atoms with E-state index in [4.69, 9.17) is 9.47 Å². The normalized spacial score (nSPS) is 19.9. The molecule has 1 saturated heterocycles. The van der Waals surface area contributed by atoms with Crippen LogP contribution in [0.2, 0.25) is 0 Å². The highest BCUT2D eigenvalue weighted by atomic mass is 16.5. The second kappa shape index (κ2) is 9.17. The van der Waals surface area contributed by atoms with Crippen LogP contribution in [0.4, 0.5) is 0 Å². The summed E-state index contributed by atoms with van der Waals surface area (Å²) >= 11 is 0. The van der Waals surface area contributed by atoms with Gasteiger partial charge in [-0.25, -0.2) is 4.98 Å². The highest BCUT2D eigenvalue weighted by Crippen LogP contribution is 2.29. The summed E-state index contributed by atoms with van der Waals surface area (Å²) in [6.45, 7) is 4.03. The lowest BCUT2D eigenvalue weighted by atomic mass is 10.2. The van der Waals surface area contributed by atoms with Gasteiger partial charge in [-0.15, -0.1) is 0 Å². The molecule has 0 bridgehead atoms. The minimum absolute atomic E-state index is 0.0770. The number of hydrogen-bond donors (Lipinski definition) is 1. The first-order valence-corrected chi connectivity index (χ1v) is 9.99. The standard InChI is InChI=1S/C22H27N3O3/c26-22(20-15-25(10-11-27-20)14-17-4-2-1-3-5-17)24-13-19-8-9-21(23-12-19)28-16-18-6-7-18/h1-5,8-9,12,18,20H,6-7,10-11,13-16H2,(H,24,26). The monoisotopic (exact) mass is 381 g/mol. The van der Waals surface area contributed by atoms with Gasteiger partial charge in [0.05, 0.1) is 13.2 Å². The fourth-order valence-corrected chi connectivity index (χ4v) is 3.24. The van der Waals surface area contributed by atoms with Crippen LogP contribution in [-0.4, -0.2) is 48.2 Å². The third-order valence-electron chi connectivity index (χ3n) is 5.12. The summed E-state index contributed by atoms with van der Waals surface area (Å²) in [5.74, 6) is 1.28. The molecule has 2 aromatic rings. The molecular formula is C22H27N3O3. The van der Waals surface area contributed by atoms with Crippen LogP contribution >= 0.6 is 0 Å². The van der Waals surface area contributed by atoms with Crippen molar-refractivity contribution in [3.05, 3.63) is 59.8 Å². The summed E-state index contributed by atoms with van der Waals surface area (Å²) < 4.78 is 11.3. The lowest BCUT2D eigenvalue weighted by Gasteiger charge is -2.32. The second-order valence-electron chi connectivity index (χ2n) is 7.56. The first-order valence-electron chi connectivity index (χ1n) is 9.99. The largest absolute Gasteiger partial charge is 0.477 e. The summed E-state index contributed by atoms with van der Waals surface area (Å²) in [7, 11) is 0. The maximum Gasteiger partial charge on any atom is 0.250 e. The Morgan fingerprint density at radius 3 is 2.79 bits per heavy atom. The maximum atomic E-state index is 12.5. The van der Waals surface area contributed by atoms with E-state index in [0.29, 0.717) is 31.5 Å². The molecule has 2 fully saturated rings. The number of nitrogens with zero attached hydrogens (tertiary/aromatic N) is 2. The van der Waals surface area contributed by atoms with Gasteiger partial charge in [0.2, 0.25) is 5.88 Å². The Balaban J connectivity index is 1.22. The molecule has 1 aliphatic carbocycles. The predicted octanol–water partition coefficient (Wildman–Crippen LogP) is 2.39. The molecule has 2 heterocycles. The molecule has 28 heavy (non-hydrogen) atoms. The van der Waals surface area contributed by atoms with E-state index in [-0.39, 0.29) is 5.91 Å². The van der Waals surface area contributed by atoms with E-state index in [2.05, 4.69) is 27.3 Å². The van der Waals surface area contributed by atoms with E-state index in [9.17, 15) is 4.79 Å². The highest BCUT2D eigenvalue weighted by Gasteiger charge is 2.26. The summed E-state index contributed by atoms with van der Waals surface area (Å²) in [6.07, 6.45) is 3.84. The molecule has 4 rings (SSSR count). The van der Waals surface area contributed by atoms with E-state index in [1.54, 1.807) is 6.20 Å². The van der Waals surface area contributed by atoms with Crippen LogP contribution in [0.15, 0.2) is 48.7 Å². The number of hydrogen-bond acceptors (Lipinski definition) is 5. The van der Waals surface area contributed by atoms with Gasteiger partial charge in [0.25, 0.3) is 5.91 Å². The van der Waals surface area contributed by atoms with Gasteiger partial charge in [-0.05, 0) is 29.9 Å². The molecule has 6 nitrogen and oxygen atoms in total. The van der Waals surface area contributed by atoms with Crippen LogP contribution in [0.25, 0.3) is 0 Å². The van der Waals surface area contributed by atoms with Crippen LogP contribution < -0.4 is 10.1 Å².